The number of urea groups is 1. The number of thioether (sulfide) groups is 1. The SMILES string of the molecule is C[C@@H]1NC(=O)N[C@H]1c1nc(-c2sc3c(N[C@@H]4CCN(C)C[C@@H]4F)cccc3c2SC(F)(F)F)no1. The number of hydrogen-bond acceptors (Lipinski definition) is 8. The van der Waals surface area contributed by atoms with E-state index in [0.29, 0.717) is 22.2 Å². The zero-order valence-electron chi connectivity index (χ0n) is 18.6. The van der Waals surface area contributed by atoms with E-state index >= 15 is 0 Å². The molecule has 0 radical (unpaired) electrons. The molecular weight excluding hydrogens is 508 g/mol. The number of likely N-dealkylation sites (tertiary alicyclic amines) is 1. The van der Waals surface area contributed by atoms with E-state index in [0.717, 1.165) is 17.9 Å². The fourth-order valence-electron chi connectivity index (χ4n) is 4.32. The Bertz CT molecular complexity index is 1250. The molecule has 3 N–H and O–H groups in total. The number of fused-ring (bicyclic) bond motifs is 1. The standard InChI is InChI=1S/C21H22F4N6O2S2/c1-9-14(28-20(32)26-9)19-29-18(30-33-19)17-16(35-21(23,24)25)10-4-3-5-13(15(10)34-17)27-12-6-7-31(2)8-11(12)22/h3-5,9,11-12,14,27H,6-8H2,1-2H3,(H2,26,28,32)/t9-,11-,12+,14+/m0/s1. The Morgan fingerprint density at radius 3 is 2.80 bits per heavy atom. The van der Waals surface area contributed by atoms with E-state index in [1.807, 2.05) is 11.9 Å². The lowest BCUT2D eigenvalue weighted by Gasteiger charge is -2.33. The smallest absolute Gasteiger partial charge is 0.378 e. The summed E-state index contributed by atoms with van der Waals surface area (Å²) in [5.41, 5.74) is -3.99. The molecule has 3 aromatic rings. The Morgan fingerprint density at radius 1 is 1.31 bits per heavy atom. The van der Waals surface area contributed by atoms with E-state index in [2.05, 4.69) is 26.1 Å². The average Bonchev–Trinajstić information content (AvgIpc) is 3.47. The summed E-state index contributed by atoms with van der Waals surface area (Å²) < 4.78 is 61.1. The maximum Gasteiger partial charge on any atom is 0.446 e. The quantitative estimate of drug-likeness (QED) is 0.323. The van der Waals surface area contributed by atoms with Crippen LogP contribution in [0.3, 0.4) is 0 Å². The Balaban J connectivity index is 1.54. The lowest BCUT2D eigenvalue weighted by Crippen LogP contribution is -2.46. The fraction of sp³-hybridized carbons (Fsp3) is 0.476. The van der Waals surface area contributed by atoms with Gasteiger partial charge in [0.1, 0.15) is 12.2 Å². The molecule has 14 heteroatoms. The molecule has 4 atom stereocenters. The summed E-state index contributed by atoms with van der Waals surface area (Å²) in [5, 5.41) is 12.8. The van der Waals surface area contributed by atoms with Crippen molar-refractivity contribution >= 4 is 44.9 Å². The molecule has 1 aromatic carbocycles. The van der Waals surface area contributed by atoms with Crippen LogP contribution in [0.1, 0.15) is 25.3 Å². The molecule has 0 aliphatic carbocycles. The molecular formula is C21H22F4N6O2S2. The Morgan fingerprint density at radius 2 is 2.11 bits per heavy atom. The van der Waals surface area contributed by atoms with E-state index < -0.39 is 29.8 Å². The molecule has 35 heavy (non-hydrogen) atoms. The summed E-state index contributed by atoms with van der Waals surface area (Å²) in [4.78, 5) is 18.0. The van der Waals surface area contributed by atoms with Gasteiger partial charge < -0.3 is 25.4 Å². The number of hydrogen-bond donors (Lipinski definition) is 3. The second-order valence-corrected chi connectivity index (χ2v) is 10.7. The van der Waals surface area contributed by atoms with Crippen LogP contribution in [0, 0.1) is 0 Å². The van der Waals surface area contributed by atoms with E-state index in [1.165, 1.54) is 0 Å². The third kappa shape index (κ3) is 4.91. The number of carbonyl (C=O) groups is 1. The van der Waals surface area contributed by atoms with E-state index in [9.17, 15) is 22.4 Å². The number of anilines is 1. The summed E-state index contributed by atoms with van der Waals surface area (Å²) >= 11 is 0.842. The second-order valence-electron chi connectivity index (χ2n) is 8.65. The van der Waals surface area contributed by atoms with E-state index in [1.54, 1.807) is 25.1 Å². The molecule has 0 unspecified atom stereocenters. The minimum absolute atomic E-state index is 0.00471. The van der Waals surface area contributed by atoms with Gasteiger partial charge in [-0.3, -0.25) is 0 Å². The Hall–Kier alpha value is -2.58. The minimum Gasteiger partial charge on any atom is -0.378 e. The first-order valence-corrected chi connectivity index (χ1v) is 12.5. The summed E-state index contributed by atoms with van der Waals surface area (Å²) in [6.07, 6.45) is -0.534. The molecule has 0 spiro atoms. The molecule has 2 saturated heterocycles. The number of alkyl halides is 4. The van der Waals surface area contributed by atoms with Crippen LogP contribution >= 0.6 is 23.1 Å². The molecule has 2 aliphatic rings. The number of amides is 2. The third-order valence-corrected chi connectivity index (χ3v) is 8.25. The number of nitrogens with one attached hydrogen (secondary N) is 3. The van der Waals surface area contributed by atoms with Gasteiger partial charge in [0.05, 0.1) is 27.3 Å². The molecule has 2 aliphatic heterocycles. The first kappa shape index (κ1) is 24.1. The van der Waals surface area contributed by atoms with Crippen LogP contribution in [-0.2, 0) is 0 Å². The van der Waals surface area contributed by atoms with Crippen molar-refractivity contribution in [2.75, 3.05) is 25.5 Å². The molecule has 2 aromatic heterocycles. The largest absolute Gasteiger partial charge is 0.446 e. The highest BCUT2D eigenvalue weighted by molar-refractivity contribution is 8.00. The fourth-order valence-corrected chi connectivity index (χ4v) is 6.43. The highest BCUT2D eigenvalue weighted by atomic mass is 32.2. The maximum absolute atomic E-state index is 14.6. The van der Waals surface area contributed by atoms with Gasteiger partial charge in [-0.1, -0.05) is 17.3 Å². The van der Waals surface area contributed by atoms with Crippen LogP contribution in [-0.4, -0.2) is 65.0 Å². The zero-order chi connectivity index (χ0) is 24.9. The summed E-state index contributed by atoms with van der Waals surface area (Å²) in [6, 6.07) is 3.21. The minimum atomic E-state index is -4.55. The van der Waals surface area contributed by atoms with Crippen LogP contribution in [0.25, 0.3) is 20.8 Å². The Kier molecular flexibility index (Phi) is 6.30. The molecule has 0 saturated carbocycles. The van der Waals surface area contributed by atoms with Gasteiger partial charge in [-0.25, -0.2) is 9.18 Å². The molecule has 2 fully saturated rings. The predicted octanol–water partition coefficient (Wildman–Crippen LogP) is 4.76. The molecule has 8 nitrogen and oxygen atoms in total. The van der Waals surface area contributed by atoms with Crippen molar-refractivity contribution in [3.8, 4) is 10.7 Å². The van der Waals surface area contributed by atoms with E-state index in [-0.39, 0.29) is 45.8 Å². The predicted molar refractivity (Wildman–Crippen MR) is 125 cm³/mol. The van der Waals surface area contributed by atoms with Crippen LogP contribution in [0.2, 0.25) is 0 Å². The number of piperidine rings is 1. The Labute approximate surface area is 205 Å². The van der Waals surface area contributed by atoms with Crippen molar-refractivity contribution in [3.63, 3.8) is 0 Å². The third-order valence-electron chi connectivity index (χ3n) is 6.03. The van der Waals surface area contributed by atoms with Crippen LogP contribution in [0.4, 0.5) is 28.0 Å². The zero-order valence-corrected chi connectivity index (χ0v) is 20.3. The molecule has 2 amide bonds. The van der Waals surface area contributed by atoms with Crippen molar-refractivity contribution in [2.24, 2.45) is 0 Å². The van der Waals surface area contributed by atoms with Crippen LogP contribution in [0.15, 0.2) is 27.6 Å². The van der Waals surface area contributed by atoms with E-state index in [4.69, 9.17) is 4.52 Å². The molecule has 4 heterocycles. The first-order chi connectivity index (χ1) is 16.6. The number of nitrogens with zero attached hydrogens (tertiary/aromatic N) is 3. The number of aromatic nitrogens is 2. The van der Waals surface area contributed by atoms with Gasteiger partial charge in [-0.2, -0.15) is 18.2 Å². The van der Waals surface area contributed by atoms with Crippen LogP contribution < -0.4 is 16.0 Å². The topological polar surface area (TPSA) is 95.3 Å². The van der Waals surface area contributed by atoms with Crippen LogP contribution in [0.5, 0.6) is 0 Å². The molecule has 188 valence electrons. The van der Waals surface area contributed by atoms with Gasteiger partial charge in [0.2, 0.25) is 5.82 Å². The summed E-state index contributed by atoms with van der Waals surface area (Å²) in [6.45, 7) is 2.75. The highest BCUT2D eigenvalue weighted by Crippen LogP contribution is 2.50. The molecule has 5 rings (SSSR count). The van der Waals surface area contributed by atoms with Crippen molar-refractivity contribution in [3.05, 3.63) is 24.1 Å². The maximum atomic E-state index is 14.6. The summed E-state index contributed by atoms with van der Waals surface area (Å²) in [5.74, 6) is 0.0890. The lowest BCUT2D eigenvalue weighted by molar-refractivity contribution is -0.0327. The van der Waals surface area contributed by atoms with Gasteiger partial charge in [-0.05, 0) is 38.2 Å². The monoisotopic (exact) mass is 530 g/mol. The average molecular weight is 531 g/mol. The van der Waals surface area contributed by atoms with Crippen molar-refractivity contribution < 1.29 is 26.9 Å². The number of halogens is 4. The normalized spacial score (nSPS) is 25.6. The van der Waals surface area contributed by atoms with Crippen molar-refractivity contribution in [1.29, 1.82) is 0 Å². The summed E-state index contributed by atoms with van der Waals surface area (Å²) in [7, 11) is 1.85. The van der Waals surface area contributed by atoms with Gasteiger partial charge in [-0.15, -0.1) is 11.3 Å². The molecule has 0 bridgehead atoms. The number of benzene rings is 1. The number of rotatable bonds is 5. The number of carbonyl (C=O) groups excluding carboxylic acids is 1. The van der Waals surface area contributed by atoms with Gasteiger partial charge in [0.25, 0.3) is 5.89 Å². The number of thiophene rings is 1. The first-order valence-electron chi connectivity index (χ1n) is 10.9. The second kappa shape index (κ2) is 9.13. The van der Waals surface area contributed by atoms with Crippen molar-refractivity contribution in [1.82, 2.24) is 25.7 Å². The van der Waals surface area contributed by atoms with Crippen molar-refractivity contribution in [2.45, 2.75) is 48.0 Å². The van der Waals surface area contributed by atoms with Gasteiger partial charge in [0.15, 0.2) is 0 Å². The van der Waals surface area contributed by atoms with Gasteiger partial charge >= 0.3 is 11.5 Å². The lowest BCUT2D eigenvalue weighted by atomic mass is 10.0. The van der Waals surface area contributed by atoms with Gasteiger partial charge in [0, 0.05) is 23.4 Å². The highest BCUT2D eigenvalue weighted by Gasteiger charge is 2.37.